The summed E-state index contributed by atoms with van der Waals surface area (Å²) in [4.78, 5) is 25.6. The lowest BCUT2D eigenvalue weighted by Gasteiger charge is -2.17. The topological polar surface area (TPSA) is 58.6 Å². The van der Waals surface area contributed by atoms with Crippen LogP contribution >= 0.6 is 0 Å². The molecule has 5 heteroatoms. The van der Waals surface area contributed by atoms with Crippen LogP contribution in [0.1, 0.15) is 10.4 Å². The van der Waals surface area contributed by atoms with Crippen LogP contribution in [0.15, 0.2) is 54.6 Å². The summed E-state index contributed by atoms with van der Waals surface area (Å²) < 4.78 is 5.10. The minimum absolute atomic E-state index is 0.0229. The molecule has 0 aromatic heterocycles. The number of nitrogens with zero attached hydrogens (tertiary/aromatic N) is 1. The lowest BCUT2D eigenvalue weighted by molar-refractivity contribution is -0.116. The molecule has 1 N–H and O–H groups in total. The second-order valence-corrected chi connectivity index (χ2v) is 4.81. The standard InChI is InChI=1S/C17H18N2O3/c1-19(17(21)13-7-4-3-5-8-13)12-16(20)18-14-9-6-10-15(11-14)22-2/h3-11H,12H2,1-2H3,(H,18,20). The molecule has 2 amide bonds. The lowest BCUT2D eigenvalue weighted by atomic mass is 10.2. The number of benzene rings is 2. The van der Waals surface area contributed by atoms with E-state index in [1.165, 1.54) is 4.90 Å². The molecule has 0 saturated carbocycles. The first-order chi connectivity index (χ1) is 10.6. The number of anilines is 1. The zero-order chi connectivity index (χ0) is 15.9. The van der Waals surface area contributed by atoms with E-state index in [9.17, 15) is 9.59 Å². The Kier molecular flexibility index (Phi) is 5.14. The number of likely N-dealkylation sites (N-methyl/N-ethyl adjacent to an activating group) is 1. The molecule has 0 aliphatic carbocycles. The van der Waals surface area contributed by atoms with Crippen LogP contribution in [-0.2, 0) is 4.79 Å². The molecule has 0 bridgehead atoms. The largest absolute Gasteiger partial charge is 0.497 e. The highest BCUT2D eigenvalue weighted by Gasteiger charge is 2.14. The molecular formula is C17H18N2O3. The van der Waals surface area contributed by atoms with Crippen molar-refractivity contribution in [3.8, 4) is 5.75 Å². The van der Waals surface area contributed by atoms with Crippen molar-refractivity contribution in [1.82, 2.24) is 4.90 Å². The van der Waals surface area contributed by atoms with Crippen LogP contribution in [0.5, 0.6) is 5.75 Å². The second kappa shape index (κ2) is 7.26. The molecule has 2 aromatic rings. The zero-order valence-corrected chi connectivity index (χ0v) is 12.6. The summed E-state index contributed by atoms with van der Waals surface area (Å²) >= 11 is 0. The molecule has 114 valence electrons. The van der Waals surface area contributed by atoms with Gasteiger partial charge in [0.25, 0.3) is 5.91 Å². The number of carbonyl (C=O) groups excluding carboxylic acids is 2. The first-order valence-electron chi connectivity index (χ1n) is 6.84. The molecule has 2 rings (SSSR count). The van der Waals surface area contributed by atoms with Crippen molar-refractivity contribution in [2.75, 3.05) is 26.0 Å². The quantitative estimate of drug-likeness (QED) is 0.922. The van der Waals surface area contributed by atoms with Crippen LogP contribution < -0.4 is 10.1 Å². The Hall–Kier alpha value is -2.82. The van der Waals surface area contributed by atoms with Crippen molar-refractivity contribution < 1.29 is 14.3 Å². The minimum atomic E-state index is -0.264. The van der Waals surface area contributed by atoms with E-state index in [1.54, 1.807) is 62.7 Å². The Morgan fingerprint density at radius 3 is 2.50 bits per heavy atom. The van der Waals surface area contributed by atoms with Gasteiger partial charge < -0.3 is 15.0 Å². The monoisotopic (exact) mass is 298 g/mol. The molecule has 0 fully saturated rings. The number of nitrogens with one attached hydrogen (secondary N) is 1. The molecule has 0 heterocycles. The highest BCUT2D eigenvalue weighted by Crippen LogP contribution is 2.16. The summed E-state index contributed by atoms with van der Waals surface area (Å²) in [5, 5.41) is 2.74. The number of amides is 2. The number of hydrogen-bond donors (Lipinski definition) is 1. The summed E-state index contributed by atoms with van der Waals surface area (Å²) in [5.74, 6) is 0.202. The van der Waals surface area contributed by atoms with Gasteiger partial charge in [-0.2, -0.15) is 0 Å². The van der Waals surface area contributed by atoms with E-state index >= 15 is 0 Å². The van der Waals surface area contributed by atoms with E-state index in [0.717, 1.165) is 0 Å². The first-order valence-corrected chi connectivity index (χ1v) is 6.84. The highest BCUT2D eigenvalue weighted by molar-refractivity contribution is 5.99. The van der Waals surface area contributed by atoms with Crippen molar-refractivity contribution in [3.05, 3.63) is 60.2 Å². The van der Waals surface area contributed by atoms with Crippen molar-refractivity contribution in [3.63, 3.8) is 0 Å². The Morgan fingerprint density at radius 1 is 1.09 bits per heavy atom. The van der Waals surface area contributed by atoms with E-state index < -0.39 is 0 Å². The predicted molar refractivity (Wildman–Crippen MR) is 85.0 cm³/mol. The van der Waals surface area contributed by atoms with Gasteiger partial charge in [-0.05, 0) is 24.3 Å². The van der Waals surface area contributed by atoms with E-state index in [1.807, 2.05) is 6.07 Å². The normalized spacial score (nSPS) is 9.91. The van der Waals surface area contributed by atoms with Gasteiger partial charge in [-0.25, -0.2) is 0 Å². The molecule has 0 saturated heterocycles. The summed E-state index contributed by atoms with van der Waals surface area (Å²) in [6.45, 7) is -0.0229. The van der Waals surface area contributed by atoms with Gasteiger partial charge in [-0.15, -0.1) is 0 Å². The van der Waals surface area contributed by atoms with Crippen LogP contribution in [0.4, 0.5) is 5.69 Å². The maximum Gasteiger partial charge on any atom is 0.254 e. The summed E-state index contributed by atoms with van der Waals surface area (Å²) in [7, 11) is 3.16. The zero-order valence-electron chi connectivity index (χ0n) is 12.6. The van der Waals surface area contributed by atoms with Gasteiger partial charge in [0, 0.05) is 24.4 Å². The van der Waals surface area contributed by atoms with E-state index in [2.05, 4.69) is 5.32 Å². The Bertz CT molecular complexity index is 656. The summed E-state index contributed by atoms with van der Waals surface area (Å²) in [6.07, 6.45) is 0. The van der Waals surface area contributed by atoms with Crippen LogP contribution in [0.2, 0.25) is 0 Å². The van der Waals surface area contributed by atoms with Crippen molar-refractivity contribution in [2.24, 2.45) is 0 Å². The van der Waals surface area contributed by atoms with E-state index in [-0.39, 0.29) is 18.4 Å². The smallest absolute Gasteiger partial charge is 0.254 e. The highest BCUT2D eigenvalue weighted by atomic mass is 16.5. The van der Waals surface area contributed by atoms with Gasteiger partial charge in [0.05, 0.1) is 13.7 Å². The average molecular weight is 298 g/mol. The van der Waals surface area contributed by atoms with Gasteiger partial charge in [0.2, 0.25) is 5.91 Å². The van der Waals surface area contributed by atoms with Gasteiger partial charge in [-0.3, -0.25) is 9.59 Å². The molecule has 0 aliphatic heterocycles. The molecular weight excluding hydrogens is 280 g/mol. The Morgan fingerprint density at radius 2 is 1.82 bits per heavy atom. The SMILES string of the molecule is COc1cccc(NC(=O)CN(C)C(=O)c2ccccc2)c1. The van der Waals surface area contributed by atoms with Gasteiger partial charge in [0.1, 0.15) is 5.75 Å². The van der Waals surface area contributed by atoms with Crippen LogP contribution in [-0.4, -0.2) is 37.4 Å². The molecule has 22 heavy (non-hydrogen) atoms. The summed E-state index contributed by atoms with van der Waals surface area (Å²) in [5.41, 5.74) is 1.18. The van der Waals surface area contributed by atoms with Crippen LogP contribution in [0, 0.1) is 0 Å². The molecule has 0 aliphatic rings. The van der Waals surface area contributed by atoms with E-state index in [0.29, 0.717) is 17.0 Å². The number of methoxy groups -OCH3 is 1. The van der Waals surface area contributed by atoms with E-state index in [4.69, 9.17) is 4.74 Å². The molecule has 2 aromatic carbocycles. The first kappa shape index (κ1) is 15.6. The third-order valence-electron chi connectivity index (χ3n) is 3.10. The second-order valence-electron chi connectivity index (χ2n) is 4.81. The van der Waals surface area contributed by atoms with Crippen LogP contribution in [0.3, 0.4) is 0 Å². The maximum atomic E-state index is 12.2. The average Bonchev–Trinajstić information content (AvgIpc) is 2.55. The fourth-order valence-electron chi connectivity index (χ4n) is 1.99. The van der Waals surface area contributed by atoms with Crippen molar-refractivity contribution in [2.45, 2.75) is 0 Å². The fourth-order valence-corrected chi connectivity index (χ4v) is 1.99. The van der Waals surface area contributed by atoms with Crippen LogP contribution in [0.25, 0.3) is 0 Å². The number of hydrogen-bond acceptors (Lipinski definition) is 3. The lowest BCUT2D eigenvalue weighted by Crippen LogP contribution is -2.34. The fraction of sp³-hybridized carbons (Fsp3) is 0.176. The predicted octanol–water partition coefficient (Wildman–Crippen LogP) is 2.41. The molecule has 0 unspecified atom stereocenters. The molecule has 0 atom stereocenters. The molecule has 0 spiro atoms. The number of rotatable bonds is 5. The summed E-state index contributed by atoms with van der Waals surface area (Å²) in [6, 6.07) is 15.9. The maximum absolute atomic E-state index is 12.2. The number of ether oxygens (including phenoxy) is 1. The van der Waals surface area contributed by atoms with Gasteiger partial charge in [-0.1, -0.05) is 24.3 Å². The third kappa shape index (κ3) is 4.09. The Labute approximate surface area is 129 Å². The van der Waals surface area contributed by atoms with Gasteiger partial charge >= 0.3 is 0 Å². The molecule has 0 radical (unpaired) electrons. The Balaban J connectivity index is 1.95. The van der Waals surface area contributed by atoms with Crippen molar-refractivity contribution in [1.29, 1.82) is 0 Å². The van der Waals surface area contributed by atoms with Gasteiger partial charge in [0.15, 0.2) is 0 Å². The number of carbonyl (C=O) groups is 2. The van der Waals surface area contributed by atoms with Crippen molar-refractivity contribution >= 4 is 17.5 Å². The molecule has 5 nitrogen and oxygen atoms in total. The third-order valence-corrected chi connectivity index (χ3v) is 3.10. The minimum Gasteiger partial charge on any atom is -0.497 e.